The molecule has 0 saturated carbocycles. The number of hydrogen-bond donors (Lipinski definition) is 1. The van der Waals surface area contributed by atoms with Crippen molar-refractivity contribution in [3.8, 4) is 0 Å². The second-order valence-corrected chi connectivity index (χ2v) is 4.38. The lowest BCUT2D eigenvalue weighted by Gasteiger charge is -2.24. The molecule has 0 saturated heterocycles. The zero-order valence-corrected chi connectivity index (χ0v) is 9.52. The Kier molecular flexibility index (Phi) is 3.25. The van der Waals surface area contributed by atoms with Gasteiger partial charge >= 0.3 is 5.97 Å². The quantitative estimate of drug-likeness (QED) is 0.842. The van der Waals surface area contributed by atoms with Crippen LogP contribution in [0, 0.1) is 0 Å². The molecule has 16 heavy (non-hydrogen) atoms. The maximum Gasteiger partial charge on any atom is 0.304 e. The third-order valence-electron chi connectivity index (χ3n) is 3.31. The number of hydrogen-bond acceptors (Lipinski definition) is 2. The molecule has 1 aromatic carbocycles. The number of benzene rings is 1. The van der Waals surface area contributed by atoms with Crippen molar-refractivity contribution in [2.24, 2.45) is 0 Å². The Hall–Kier alpha value is -1.35. The Morgan fingerprint density at radius 3 is 3.00 bits per heavy atom. The number of rotatable bonds is 4. The molecule has 1 aliphatic carbocycles. The lowest BCUT2D eigenvalue weighted by atomic mass is 10.1. The second kappa shape index (κ2) is 4.66. The van der Waals surface area contributed by atoms with E-state index < -0.39 is 5.97 Å². The SMILES string of the molecule is CN(CCC(=O)O)C1CCc2ccccc21. The molecule has 86 valence electrons. The van der Waals surface area contributed by atoms with E-state index in [4.69, 9.17) is 5.11 Å². The molecular weight excluding hydrogens is 202 g/mol. The number of carbonyl (C=O) groups is 1. The first-order valence-corrected chi connectivity index (χ1v) is 5.68. The van der Waals surface area contributed by atoms with Crippen LogP contribution in [0.1, 0.15) is 30.0 Å². The molecule has 1 N–H and O–H groups in total. The van der Waals surface area contributed by atoms with Gasteiger partial charge in [0, 0.05) is 12.6 Å². The van der Waals surface area contributed by atoms with Crippen molar-refractivity contribution >= 4 is 5.97 Å². The van der Waals surface area contributed by atoms with Gasteiger partial charge in [0.15, 0.2) is 0 Å². The summed E-state index contributed by atoms with van der Waals surface area (Å²) in [7, 11) is 2.01. The van der Waals surface area contributed by atoms with E-state index in [9.17, 15) is 4.79 Å². The molecule has 0 bridgehead atoms. The topological polar surface area (TPSA) is 40.5 Å². The molecule has 1 aromatic rings. The van der Waals surface area contributed by atoms with E-state index in [-0.39, 0.29) is 6.42 Å². The fourth-order valence-electron chi connectivity index (χ4n) is 2.42. The van der Waals surface area contributed by atoms with Gasteiger partial charge in [0.05, 0.1) is 6.42 Å². The van der Waals surface area contributed by atoms with Gasteiger partial charge in [-0.05, 0) is 31.0 Å². The Bertz CT molecular complexity index is 389. The van der Waals surface area contributed by atoms with Gasteiger partial charge in [0.25, 0.3) is 0 Å². The summed E-state index contributed by atoms with van der Waals surface area (Å²) in [4.78, 5) is 12.7. The van der Waals surface area contributed by atoms with Crippen LogP contribution >= 0.6 is 0 Å². The van der Waals surface area contributed by atoms with Crippen molar-refractivity contribution in [2.75, 3.05) is 13.6 Å². The number of aliphatic carboxylic acids is 1. The van der Waals surface area contributed by atoms with Gasteiger partial charge in [-0.1, -0.05) is 24.3 Å². The van der Waals surface area contributed by atoms with E-state index >= 15 is 0 Å². The lowest BCUT2D eigenvalue weighted by Crippen LogP contribution is -2.25. The molecule has 2 rings (SSSR count). The fourth-order valence-corrected chi connectivity index (χ4v) is 2.42. The highest BCUT2D eigenvalue weighted by molar-refractivity contribution is 5.66. The summed E-state index contributed by atoms with van der Waals surface area (Å²) in [5.74, 6) is -0.724. The number of carboxylic acids is 1. The van der Waals surface area contributed by atoms with Crippen LogP contribution in [0.5, 0.6) is 0 Å². The average molecular weight is 219 g/mol. The van der Waals surface area contributed by atoms with Crippen LogP contribution in [0.25, 0.3) is 0 Å². The summed E-state index contributed by atoms with van der Waals surface area (Å²) in [6, 6.07) is 8.85. The molecule has 3 heteroatoms. The molecule has 1 aliphatic rings. The number of fused-ring (bicyclic) bond motifs is 1. The van der Waals surface area contributed by atoms with Gasteiger partial charge in [0.2, 0.25) is 0 Å². The van der Waals surface area contributed by atoms with Crippen molar-refractivity contribution in [1.29, 1.82) is 0 Å². The molecule has 0 radical (unpaired) electrons. The number of aryl methyl sites for hydroxylation is 1. The predicted octanol–water partition coefficient (Wildman–Crippen LogP) is 2.08. The summed E-state index contributed by atoms with van der Waals surface area (Å²) >= 11 is 0. The monoisotopic (exact) mass is 219 g/mol. The second-order valence-electron chi connectivity index (χ2n) is 4.38. The normalized spacial score (nSPS) is 18.8. The predicted molar refractivity (Wildman–Crippen MR) is 62.4 cm³/mol. The molecule has 3 nitrogen and oxygen atoms in total. The molecule has 0 spiro atoms. The first-order valence-electron chi connectivity index (χ1n) is 5.68. The fraction of sp³-hybridized carbons (Fsp3) is 0.462. The van der Waals surface area contributed by atoms with Crippen LogP contribution < -0.4 is 0 Å². The molecule has 0 aromatic heterocycles. The van der Waals surface area contributed by atoms with Crippen LogP contribution in [0.2, 0.25) is 0 Å². The highest BCUT2D eigenvalue weighted by Crippen LogP contribution is 2.34. The Labute approximate surface area is 95.7 Å². The first-order chi connectivity index (χ1) is 7.68. The smallest absolute Gasteiger partial charge is 0.304 e. The van der Waals surface area contributed by atoms with E-state index in [1.807, 2.05) is 7.05 Å². The zero-order valence-electron chi connectivity index (χ0n) is 9.52. The summed E-state index contributed by atoms with van der Waals surface area (Å²) in [6.07, 6.45) is 2.43. The Balaban J connectivity index is 2.04. The van der Waals surface area contributed by atoms with E-state index in [0.717, 1.165) is 12.8 Å². The van der Waals surface area contributed by atoms with Gasteiger partial charge in [-0.25, -0.2) is 0 Å². The molecule has 0 heterocycles. The van der Waals surface area contributed by atoms with Crippen LogP contribution in [-0.4, -0.2) is 29.6 Å². The summed E-state index contributed by atoms with van der Waals surface area (Å²) < 4.78 is 0. The molecule has 0 fully saturated rings. The van der Waals surface area contributed by atoms with Gasteiger partial charge in [0.1, 0.15) is 0 Å². The zero-order chi connectivity index (χ0) is 11.5. The maximum atomic E-state index is 10.5. The van der Waals surface area contributed by atoms with E-state index in [1.54, 1.807) is 0 Å². The molecule has 0 amide bonds. The third kappa shape index (κ3) is 2.25. The van der Waals surface area contributed by atoms with Gasteiger partial charge in [-0.3, -0.25) is 9.69 Å². The largest absolute Gasteiger partial charge is 0.481 e. The molecule has 0 aliphatic heterocycles. The van der Waals surface area contributed by atoms with Gasteiger partial charge in [-0.15, -0.1) is 0 Å². The number of nitrogens with zero attached hydrogens (tertiary/aromatic N) is 1. The summed E-state index contributed by atoms with van der Waals surface area (Å²) in [5, 5.41) is 8.67. The van der Waals surface area contributed by atoms with Crippen LogP contribution in [0.15, 0.2) is 24.3 Å². The summed E-state index contributed by atoms with van der Waals surface area (Å²) in [6.45, 7) is 0.619. The Morgan fingerprint density at radius 2 is 2.25 bits per heavy atom. The minimum atomic E-state index is -0.724. The lowest BCUT2D eigenvalue weighted by molar-refractivity contribution is -0.137. The van der Waals surface area contributed by atoms with E-state index in [0.29, 0.717) is 12.6 Å². The third-order valence-corrected chi connectivity index (χ3v) is 3.31. The minimum Gasteiger partial charge on any atom is -0.481 e. The van der Waals surface area contributed by atoms with Crippen LogP contribution in [-0.2, 0) is 11.2 Å². The van der Waals surface area contributed by atoms with Gasteiger partial charge in [-0.2, -0.15) is 0 Å². The molecular formula is C13H17NO2. The standard InChI is InChI=1S/C13H17NO2/c1-14(9-8-13(15)16)12-7-6-10-4-2-3-5-11(10)12/h2-5,12H,6-9H2,1H3,(H,15,16). The summed E-state index contributed by atoms with van der Waals surface area (Å²) in [5.41, 5.74) is 2.78. The average Bonchev–Trinajstić information content (AvgIpc) is 2.69. The highest BCUT2D eigenvalue weighted by atomic mass is 16.4. The van der Waals surface area contributed by atoms with Crippen molar-refractivity contribution < 1.29 is 9.90 Å². The highest BCUT2D eigenvalue weighted by Gasteiger charge is 2.25. The molecule has 1 unspecified atom stereocenters. The Morgan fingerprint density at radius 1 is 1.50 bits per heavy atom. The van der Waals surface area contributed by atoms with Crippen molar-refractivity contribution in [3.05, 3.63) is 35.4 Å². The van der Waals surface area contributed by atoms with E-state index in [2.05, 4.69) is 29.2 Å². The molecule has 1 atom stereocenters. The van der Waals surface area contributed by atoms with E-state index in [1.165, 1.54) is 11.1 Å². The van der Waals surface area contributed by atoms with Gasteiger partial charge < -0.3 is 5.11 Å². The maximum absolute atomic E-state index is 10.5. The van der Waals surface area contributed by atoms with Crippen molar-refractivity contribution in [3.63, 3.8) is 0 Å². The van der Waals surface area contributed by atoms with Crippen molar-refractivity contribution in [1.82, 2.24) is 4.90 Å². The van der Waals surface area contributed by atoms with Crippen LogP contribution in [0.4, 0.5) is 0 Å². The van der Waals surface area contributed by atoms with Crippen LogP contribution in [0.3, 0.4) is 0 Å². The first kappa shape index (κ1) is 11.1. The number of carboxylic acid groups (broad SMARTS) is 1. The minimum absolute atomic E-state index is 0.217. The van der Waals surface area contributed by atoms with Crippen molar-refractivity contribution in [2.45, 2.75) is 25.3 Å².